The number of nitrogens with zero attached hydrogens (tertiary/aromatic N) is 5. The lowest BCUT2D eigenvalue weighted by atomic mass is 10.2. The molecule has 3 rings (SSSR count). The van der Waals surface area contributed by atoms with Gasteiger partial charge < -0.3 is 19.7 Å². The van der Waals surface area contributed by atoms with Crippen LogP contribution in [0.5, 0.6) is 5.75 Å². The molecule has 2 aromatic rings. The highest BCUT2D eigenvalue weighted by Crippen LogP contribution is 2.30. The van der Waals surface area contributed by atoms with Crippen molar-refractivity contribution < 1.29 is 32.2 Å². The number of rotatable bonds is 6. The number of anilines is 2. The Labute approximate surface area is 210 Å². The van der Waals surface area contributed by atoms with E-state index in [9.17, 15) is 22.8 Å². The first-order chi connectivity index (χ1) is 16.7. The van der Waals surface area contributed by atoms with Crippen molar-refractivity contribution in [2.75, 3.05) is 36.0 Å². The summed E-state index contributed by atoms with van der Waals surface area (Å²) in [6.45, 7) is 7.38. The minimum atomic E-state index is -4.54. The molecule has 2 aromatic heterocycles. The summed E-state index contributed by atoms with van der Waals surface area (Å²) in [6.07, 6.45) is -2.42. The fourth-order valence-electron chi connectivity index (χ4n) is 3.15. The molecular weight excluding hydrogens is 505 g/mol. The number of hydrogen-bond donors (Lipinski definition) is 1. The van der Waals surface area contributed by atoms with Gasteiger partial charge in [-0.05, 0) is 27.7 Å². The largest absolute Gasteiger partial charge is 0.490 e. The van der Waals surface area contributed by atoms with Gasteiger partial charge in [-0.25, -0.2) is 19.7 Å². The first-order valence-electron chi connectivity index (χ1n) is 11.0. The van der Waals surface area contributed by atoms with Crippen molar-refractivity contribution >= 4 is 35.4 Å². The average molecular weight is 531 g/mol. The average Bonchev–Trinajstić information content (AvgIpc) is 2.77. The first-order valence-corrected chi connectivity index (χ1v) is 11.3. The van der Waals surface area contributed by atoms with Crippen LogP contribution >= 0.6 is 11.6 Å². The van der Waals surface area contributed by atoms with Gasteiger partial charge in [0.15, 0.2) is 0 Å². The van der Waals surface area contributed by atoms with Crippen molar-refractivity contribution in [1.82, 2.24) is 20.3 Å². The molecule has 10 nitrogen and oxygen atoms in total. The number of halogens is 4. The molecule has 36 heavy (non-hydrogen) atoms. The van der Waals surface area contributed by atoms with E-state index in [1.165, 1.54) is 22.1 Å². The molecule has 3 heterocycles. The van der Waals surface area contributed by atoms with Gasteiger partial charge in [-0.15, -0.1) is 0 Å². The van der Waals surface area contributed by atoms with E-state index in [4.69, 9.17) is 21.1 Å². The summed E-state index contributed by atoms with van der Waals surface area (Å²) in [5, 5.41) is 2.87. The Balaban J connectivity index is 1.60. The maximum atomic E-state index is 12.8. The van der Waals surface area contributed by atoms with E-state index in [1.807, 2.05) is 0 Å². The SMILES string of the molecule is C[C@@H](COc1cc(N2CCN(c3ncc(C(F)(F)F)cn3)CC2=O)ncc1Cl)NC(=O)OC(C)(C)C. The molecule has 14 heteroatoms. The van der Waals surface area contributed by atoms with Crippen LogP contribution in [0.25, 0.3) is 0 Å². The van der Waals surface area contributed by atoms with Gasteiger partial charge in [0.05, 0.1) is 17.8 Å². The maximum absolute atomic E-state index is 12.8. The minimum absolute atomic E-state index is 0.0237. The lowest BCUT2D eigenvalue weighted by Gasteiger charge is -2.33. The van der Waals surface area contributed by atoms with Crippen LogP contribution in [0.15, 0.2) is 24.7 Å². The second kappa shape index (κ2) is 10.7. The van der Waals surface area contributed by atoms with Gasteiger partial charge in [0.2, 0.25) is 11.9 Å². The fraction of sp³-hybridized carbons (Fsp3) is 0.500. The molecule has 1 atom stereocenters. The van der Waals surface area contributed by atoms with Crippen molar-refractivity contribution in [3.63, 3.8) is 0 Å². The first kappa shape index (κ1) is 27.2. The van der Waals surface area contributed by atoms with E-state index in [0.29, 0.717) is 18.2 Å². The standard InChI is InChI=1S/C22H26ClF3N6O4/c1-13(30-20(34)36-21(2,3)4)12-35-16-7-17(27-10-15(16)23)32-6-5-31(11-18(32)33)19-28-8-14(9-29-19)22(24,25)26/h7-10,13H,5-6,11-12H2,1-4H3,(H,30,34)/t13-/m0/s1. The Morgan fingerprint density at radius 2 is 1.83 bits per heavy atom. The summed E-state index contributed by atoms with van der Waals surface area (Å²) in [7, 11) is 0. The summed E-state index contributed by atoms with van der Waals surface area (Å²) in [6, 6.07) is 1.10. The number of alkyl carbamates (subject to hydrolysis) is 1. The zero-order chi connectivity index (χ0) is 26.7. The van der Waals surface area contributed by atoms with Crippen LogP contribution in [0.1, 0.15) is 33.3 Å². The third-order valence-electron chi connectivity index (χ3n) is 4.80. The van der Waals surface area contributed by atoms with Gasteiger partial charge in [0, 0.05) is 31.5 Å². The number of carbonyl (C=O) groups is 2. The van der Waals surface area contributed by atoms with Crippen molar-refractivity contribution in [1.29, 1.82) is 0 Å². The molecule has 1 fully saturated rings. The normalized spacial score (nSPS) is 15.5. The van der Waals surface area contributed by atoms with Crippen LogP contribution in [0, 0.1) is 0 Å². The molecule has 2 amide bonds. The number of piperazine rings is 1. The maximum Gasteiger partial charge on any atom is 0.419 e. The third kappa shape index (κ3) is 7.33. The van der Waals surface area contributed by atoms with E-state index < -0.39 is 29.5 Å². The lowest BCUT2D eigenvalue weighted by molar-refractivity contribution is -0.138. The van der Waals surface area contributed by atoms with E-state index >= 15 is 0 Å². The number of nitrogens with one attached hydrogen (secondary N) is 1. The van der Waals surface area contributed by atoms with Crippen LogP contribution in [0.2, 0.25) is 5.02 Å². The van der Waals surface area contributed by atoms with Gasteiger partial charge >= 0.3 is 12.3 Å². The van der Waals surface area contributed by atoms with E-state index in [2.05, 4.69) is 20.3 Å². The van der Waals surface area contributed by atoms with E-state index in [0.717, 1.165) is 0 Å². The second-order valence-corrected chi connectivity index (χ2v) is 9.47. The highest BCUT2D eigenvalue weighted by atomic mass is 35.5. The summed E-state index contributed by atoms with van der Waals surface area (Å²) in [5.41, 5.74) is -1.60. The molecule has 0 saturated carbocycles. The van der Waals surface area contributed by atoms with Crippen molar-refractivity contribution in [2.24, 2.45) is 0 Å². The summed E-state index contributed by atoms with van der Waals surface area (Å²) in [4.78, 5) is 39.2. The smallest absolute Gasteiger partial charge is 0.419 e. The number of alkyl halides is 3. The highest BCUT2D eigenvalue weighted by Gasteiger charge is 2.33. The third-order valence-corrected chi connectivity index (χ3v) is 5.09. The number of pyridine rings is 1. The van der Waals surface area contributed by atoms with Crippen LogP contribution in [-0.2, 0) is 15.7 Å². The predicted molar refractivity (Wildman–Crippen MR) is 125 cm³/mol. The monoisotopic (exact) mass is 530 g/mol. The summed E-state index contributed by atoms with van der Waals surface area (Å²) >= 11 is 6.19. The number of amides is 2. The summed E-state index contributed by atoms with van der Waals surface area (Å²) < 4.78 is 49.1. The van der Waals surface area contributed by atoms with Crippen LogP contribution < -0.4 is 19.9 Å². The Kier molecular flexibility index (Phi) is 8.12. The van der Waals surface area contributed by atoms with Crippen molar-refractivity contribution in [2.45, 2.75) is 45.5 Å². The fourth-order valence-corrected chi connectivity index (χ4v) is 3.31. The zero-order valence-electron chi connectivity index (χ0n) is 20.1. The molecule has 0 spiro atoms. The molecule has 196 valence electrons. The summed E-state index contributed by atoms with van der Waals surface area (Å²) in [5.74, 6) is 0.224. The number of aromatic nitrogens is 3. The molecule has 0 aliphatic carbocycles. The second-order valence-electron chi connectivity index (χ2n) is 9.07. The molecule has 1 N–H and O–H groups in total. The Hall–Kier alpha value is -3.35. The zero-order valence-corrected chi connectivity index (χ0v) is 20.9. The van der Waals surface area contributed by atoms with Crippen LogP contribution in [0.4, 0.5) is 29.7 Å². The Bertz CT molecular complexity index is 1090. The van der Waals surface area contributed by atoms with E-state index in [-0.39, 0.29) is 48.9 Å². The molecule has 0 radical (unpaired) electrons. The van der Waals surface area contributed by atoms with Crippen LogP contribution in [0.3, 0.4) is 0 Å². The van der Waals surface area contributed by atoms with Gasteiger partial charge in [-0.2, -0.15) is 13.2 Å². The molecule has 0 bridgehead atoms. The van der Waals surface area contributed by atoms with Crippen molar-refractivity contribution in [3.05, 3.63) is 35.2 Å². The van der Waals surface area contributed by atoms with Gasteiger partial charge in [-0.3, -0.25) is 9.69 Å². The van der Waals surface area contributed by atoms with Gasteiger partial charge in [0.25, 0.3) is 0 Å². The minimum Gasteiger partial charge on any atom is -0.490 e. The molecule has 0 unspecified atom stereocenters. The van der Waals surface area contributed by atoms with Crippen molar-refractivity contribution in [3.8, 4) is 5.75 Å². The number of ether oxygens (including phenoxy) is 2. The molecule has 1 aliphatic rings. The van der Waals surface area contributed by atoms with Gasteiger partial charge in [-0.1, -0.05) is 11.6 Å². The topological polar surface area (TPSA) is 110 Å². The lowest BCUT2D eigenvalue weighted by Crippen LogP contribution is -2.51. The molecule has 0 aromatic carbocycles. The highest BCUT2D eigenvalue weighted by molar-refractivity contribution is 6.32. The van der Waals surface area contributed by atoms with Gasteiger partial charge in [0.1, 0.15) is 35.3 Å². The quantitative estimate of drug-likeness (QED) is 0.602. The number of hydrogen-bond acceptors (Lipinski definition) is 8. The Morgan fingerprint density at radius 3 is 2.42 bits per heavy atom. The number of carbonyl (C=O) groups excluding carboxylic acids is 2. The Morgan fingerprint density at radius 1 is 1.17 bits per heavy atom. The van der Waals surface area contributed by atoms with Crippen LogP contribution in [-0.4, -0.2) is 64.8 Å². The molecular formula is C22H26ClF3N6O4. The van der Waals surface area contributed by atoms with E-state index in [1.54, 1.807) is 27.7 Å². The molecule has 1 aliphatic heterocycles. The predicted octanol–water partition coefficient (Wildman–Crippen LogP) is 3.69. The molecule has 1 saturated heterocycles.